The first-order valence-corrected chi connectivity index (χ1v) is 10.8. The molecule has 1 aromatic heterocycles. The van der Waals surface area contributed by atoms with Gasteiger partial charge in [0.15, 0.2) is 0 Å². The molecule has 1 atom stereocenters. The standard InChI is InChI=1S/C17H20FN5OS2/c18-14-8-4-3-7-13(14)16-22(9-10-25-16)15(24)11-26-17-19-20-21-23(17)12-5-1-2-6-12/h3-4,7-8,12,16H,1-2,5-6,9-11H2/t16-/m0/s1. The largest absolute Gasteiger partial charge is 0.325 e. The molecule has 1 aliphatic carbocycles. The van der Waals surface area contributed by atoms with Crippen molar-refractivity contribution in [3.63, 3.8) is 0 Å². The van der Waals surface area contributed by atoms with E-state index in [0.29, 0.717) is 23.3 Å². The number of thioether (sulfide) groups is 2. The molecule has 1 amide bonds. The van der Waals surface area contributed by atoms with E-state index in [1.165, 1.54) is 30.7 Å². The van der Waals surface area contributed by atoms with E-state index in [-0.39, 0.29) is 22.9 Å². The van der Waals surface area contributed by atoms with E-state index in [9.17, 15) is 9.18 Å². The first kappa shape index (κ1) is 17.8. The SMILES string of the molecule is O=C(CSc1nnnn1C1CCCC1)N1CCS[C@H]1c1ccccc1F. The molecule has 1 saturated heterocycles. The number of carbonyl (C=O) groups excluding carboxylic acids is 1. The van der Waals surface area contributed by atoms with E-state index < -0.39 is 0 Å². The molecule has 2 aliphatic rings. The second-order valence-corrected chi connectivity index (χ2v) is 8.60. The first-order valence-electron chi connectivity index (χ1n) is 8.80. The maximum Gasteiger partial charge on any atom is 0.234 e. The molecule has 6 nitrogen and oxygen atoms in total. The van der Waals surface area contributed by atoms with E-state index in [4.69, 9.17) is 0 Å². The zero-order valence-electron chi connectivity index (χ0n) is 14.3. The van der Waals surface area contributed by atoms with Crippen molar-refractivity contribution in [3.8, 4) is 0 Å². The molecule has 138 valence electrons. The summed E-state index contributed by atoms with van der Waals surface area (Å²) < 4.78 is 16.0. The minimum atomic E-state index is -0.262. The topological polar surface area (TPSA) is 63.9 Å². The minimum Gasteiger partial charge on any atom is -0.325 e. The predicted molar refractivity (Wildman–Crippen MR) is 99.4 cm³/mol. The number of amides is 1. The number of aromatic nitrogens is 4. The summed E-state index contributed by atoms with van der Waals surface area (Å²) in [4.78, 5) is 14.5. The number of hydrogen-bond acceptors (Lipinski definition) is 6. The van der Waals surface area contributed by atoms with Crippen molar-refractivity contribution >= 4 is 29.4 Å². The van der Waals surface area contributed by atoms with Crippen molar-refractivity contribution in [1.29, 1.82) is 0 Å². The lowest BCUT2D eigenvalue weighted by Crippen LogP contribution is -2.32. The van der Waals surface area contributed by atoms with Crippen molar-refractivity contribution in [3.05, 3.63) is 35.6 Å². The van der Waals surface area contributed by atoms with Gasteiger partial charge in [0.2, 0.25) is 11.1 Å². The van der Waals surface area contributed by atoms with Crippen molar-refractivity contribution in [2.24, 2.45) is 0 Å². The Kier molecular flexibility index (Phi) is 5.44. The lowest BCUT2D eigenvalue weighted by molar-refractivity contribution is -0.128. The molecular formula is C17H20FN5OS2. The third kappa shape index (κ3) is 3.59. The minimum absolute atomic E-state index is 0.00535. The fourth-order valence-electron chi connectivity index (χ4n) is 3.53. The molecular weight excluding hydrogens is 373 g/mol. The van der Waals surface area contributed by atoms with Crippen LogP contribution in [0.25, 0.3) is 0 Å². The summed E-state index contributed by atoms with van der Waals surface area (Å²) in [6.45, 7) is 0.636. The lowest BCUT2D eigenvalue weighted by Gasteiger charge is -2.24. The summed E-state index contributed by atoms with van der Waals surface area (Å²) in [6.07, 6.45) is 4.57. The third-order valence-corrected chi connectivity index (χ3v) is 7.00. The number of carbonyl (C=O) groups is 1. The Balaban J connectivity index is 1.42. The molecule has 0 radical (unpaired) electrons. The van der Waals surface area contributed by atoms with Gasteiger partial charge in [-0.2, -0.15) is 0 Å². The summed E-state index contributed by atoms with van der Waals surface area (Å²) in [7, 11) is 0. The highest BCUT2D eigenvalue weighted by Crippen LogP contribution is 2.39. The highest BCUT2D eigenvalue weighted by Gasteiger charge is 2.32. The van der Waals surface area contributed by atoms with E-state index in [2.05, 4.69) is 15.5 Å². The van der Waals surface area contributed by atoms with Crippen LogP contribution in [0.1, 0.15) is 42.7 Å². The number of tetrazole rings is 1. The fraction of sp³-hybridized carbons (Fsp3) is 0.529. The molecule has 2 aromatic rings. The second kappa shape index (κ2) is 7.96. The molecule has 0 N–H and O–H groups in total. The van der Waals surface area contributed by atoms with Crippen LogP contribution in [0.5, 0.6) is 0 Å². The number of rotatable bonds is 5. The molecule has 0 spiro atoms. The van der Waals surface area contributed by atoms with Gasteiger partial charge in [0, 0.05) is 17.9 Å². The maximum atomic E-state index is 14.1. The van der Waals surface area contributed by atoms with Crippen LogP contribution >= 0.6 is 23.5 Å². The average Bonchev–Trinajstić information content (AvgIpc) is 3.40. The van der Waals surface area contributed by atoms with Gasteiger partial charge in [-0.25, -0.2) is 9.07 Å². The summed E-state index contributed by atoms with van der Waals surface area (Å²) in [5.41, 5.74) is 0.573. The zero-order valence-corrected chi connectivity index (χ0v) is 15.9. The van der Waals surface area contributed by atoms with Crippen molar-refractivity contribution in [2.75, 3.05) is 18.1 Å². The van der Waals surface area contributed by atoms with Gasteiger partial charge in [-0.05, 0) is 29.3 Å². The van der Waals surface area contributed by atoms with Crippen molar-refractivity contribution in [1.82, 2.24) is 25.1 Å². The molecule has 9 heteroatoms. The third-order valence-electron chi connectivity index (χ3n) is 4.84. The van der Waals surface area contributed by atoms with Gasteiger partial charge in [0.1, 0.15) is 11.2 Å². The van der Waals surface area contributed by atoms with Gasteiger partial charge in [-0.1, -0.05) is 42.8 Å². The van der Waals surface area contributed by atoms with Gasteiger partial charge in [-0.3, -0.25) is 4.79 Å². The number of nitrogens with zero attached hydrogens (tertiary/aromatic N) is 5. The molecule has 26 heavy (non-hydrogen) atoms. The van der Waals surface area contributed by atoms with Crippen molar-refractivity contribution in [2.45, 2.75) is 42.3 Å². The Morgan fingerprint density at radius 3 is 2.92 bits per heavy atom. The van der Waals surface area contributed by atoms with E-state index in [0.717, 1.165) is 18.6 Å². The van der Waals surface area contributed by atoms with Crippen LogP contribution in [0.4, 0.5) is 4.39 Å². The van der Waals surface area contributed by atoms with Crippen LogP contribution in [-0.4, -0.2) is 49.1 Å². The Hall–Kier alpha value is -1.61. The number of benzene rings is 1. The van der Waals surface area contributed by atoms with Gasteiger partial charge >= 0.3 is 0 Å². The summed E-state index contributed by atoms with van der Waals surface area (Å²) in [6, 6.07) is 7.03. The van der Waals surface area contributed by atoms with Crippen LogP contribution in [0.3, 0.4) is 0 Å². The number of halogens is 1. The van der Waals surface area contributed by atoms with Crippen LogP contribution < -0.4 is 0 Å². The van der Waals surface area contributed by atoms with Crippen LogP contribution in [0, 0.1) is 5.82 Å². The van der Waals surface area contributed by atoms with Crippen LogP contribution in [0.2, 0.25) is 0 Å². The van der Waals surface area contributed by atoms with E-state index in [1.54, 1.807) is 28.8 Å². The van der Waals surface area contributed by atoms with Crippen LogP contribution in [0.15, 0.2) is 29.4 Å². The molecule has 2 heterocycles. The maximum absolute atomic E-state index is 14.1. The van der Waals surface area contributed by atoms with Gasteiger partial charge in [0.25, 0.3) is 0 Å². The van der Waals surface area contributed by atoms with Gasteiger partial charge in [0.05, 0.1) is 11.8 Å². The highest BCUT2D eigenvalue weighted by atomic mass is 32.2. The lowest BCUT2D eigenvalue weighted by atomic mass is 10.2. The number of hydrogen-bond donors (Lipinski definition) is 0. The summed E-state index contributed by atoms with van der Waals surface area (Å²) in [5, 5.41) is 12.4. The van der Waals surface area contributed by atoms with E-state index >= 15 is 0 Å². The molecule has 2 fully saturated rings. The van der Waals surface area contributed by atoms with E-state index in [1.807, 2.05) is 10.7 Å². The Labute approximate surface area is 159 Å². The monoisotopic (exact) mass is 393 g/mol. The molecule has 1 aliphatic heterocycles. The molecule has 1 saturated carbocycles. The highest BCUT2D eigenvalue weighted by molar-refractivity contribution is 8.00. The second-order valence-electron chi connectivity index (χ2n) is 6.46. The smallest absolute Gasteiger partial charge is 0.234 e. The summed E-state index contributed by atoms with van der Waals surface area (Å²) >= 11 is 2.97. The Bertz CT molecular complexity index is 780. The molecule has 4 rings (SSSR count). The average molecular weight is 394 g/mol. The zero-order chi connectivity index (χ0) is 17.9. The molecule has 1 aromatic carbocycles. The Morgan fingerprint density at radius 1 is 1.31 bits per heavy atom. The normalized spacial score (nSPS) is 20.8. The first-order chi connectivity index (χ1) is 12.7. The molecule has 0 bridgehead atoms. The quantitative estimate of drug-likeness (QED) is 0.727. The summed E-state index contributed by atoms with van der Waals surface area (Å²) in [5.74, 6) is 0.810. The van der Waals surface area contributed by atoms with Gasteiger partial charge < -0.3 is 4.90 Å². The van der Waals surface area contributed by atoms with Crippen molar-refractivity contribution < 1.29 is 9.18 Å². The fourth-order valence-corrected chi connectivity index (χ4v) is 5.66. The molecule has 0 unspecified atom stereocenters. The Morgan fingerprint density at radius 2 is 2.12 bits per heavy atom. The van der Waals surface area contributed by atoms with Crippen LogP contribution in [-0.2, 0) is 4.79 Å². The predicted octanol–water partition coefficient (Wildman–Crippen LogP) is 3.29. The van der Waals surface area contributed by atoms with Gasteiger partial charge in [-0.15, -0.1) is 16.9 Å².